The average molecular weight is 362 g/mol. The van der Waals surface area contributed by atoms with Gasteiger partial charge in [0, 0.05) is 6.54 Å². The predicted molar refractivity (Wildman–Crippen MR) is 91.1 cm³/mol. The van der Waals surface area contributed by atoms with Gasteiger partial charge in [-0.05, 0) is 43.3 Å². The molecule has 2 rings (SSSR count). The molecule has 0 heterocycles. The number of carbonyl (C=O) groups is 1. The first-order valence-corrected chi connectivity index (χ1v) is 8.71. The molecule has 3 N–H and O–H groups in total. The maximum absolute atomic E-state index is 13.5. The standard InChI is InChI=1S/C16H15FN4O3S/c1-2-19-16(22)20-15-9-12(17)6-7-14(15)21-25(23,24)13-5-3-4-11(8-13)10-18/h3-9,21H,2H2,1H3,(H2,19,20,22). The number of carbonyl (C=O) groups excluding carboxylic acids is 1. The SMILES string of the molecule is CCNC(=O)Nc1cc(F)ccc1NS(=O)(=O)c1cccc(C#N)c1. The fourth-order valence-electron chi connectivity index (χ4n) is 1.97. The maximum atomic E-state index is 13.5. The number of nitrogens with zero attached hydrogens (tertiary/aromatic N) is 1. The van der Waals surface area contributed by atoms with Crippen molar-refractivity contribution in [3.8, 4) is 6.07 Å². The monoisotopic (exact) mass is 362 g/mol. The van der Waals surface area contributed by atoms with Crippen LogP contribution in [0.1, 0.15) is 12.5 Å². The van der Waals surface area contributed by atoms with E-state index in [0.717, 1.165) is 12.1 Å². The maximum Gasteiger partial charge on any atom is 0.319 e. The van der Waals surface area contributed by atoms with Crippen LogP contribution in [0.3, 0.4) is 0 Å². The highest BCUT2D eigenvalue weighted by Crippen LogP contribution is 2.26. The summed E-state index contributed by atoms with van der Waals surface area (Å²) in [4.78, 5) is 11.5. The number of halogens is 1. The molecule has 0 radical (unpaired) electrons. The van der Waals surface area contributed by atoms with Crippen molar-refractivity contribution in [3.63, 3.8) is 0 Å². The lowest BCUT2D eigenvalue weighted by Gasteiger charge is -2.14. The van der Waals surface area contributed by atoms with Gasteiger partial charge in [0.15, 0.2) is 0 Å². The third-order valence-electron chi connectivity index (χ3n) is 3.08. The van der Waals surface area contributed by atoms with E-state index in [9.17, 15) is 17.6 Å². The molecule has 130 valence electrons. The first-order valence-electron chi connectivity index (χ1n) is 7.23. The Labute approximate surface area is 144 Å². The number of urea groups is 1. The molecule has 25 heavy (non-hydrogen) atoms. The Bertz CT molecular complexity index is 939. The second kappa shape index (κ2) is 7.63. The van der Waals surface area contributed by atoms with Crippen molar-refractivity contribution in [1.82, 2.24) is 5.32 Å². The van der Waals surface area contributed by atoms with Gasteiger partial charge < -0.3 is 10.6 Å². The van der Waals surface area contributed by atoms with Gasteiger partial charge in [-0.1, -0.05) is 6.07 Å². The van der Waals surface area contributed by atoms with Gasteiger partial charge in [0.2, 0.25) is 0 Å². The number of sulfonamides is 1. The summed E-state index contributed by atoms with van der Waals surface area (Å²) in [6.45, 7) is 2.06. The molecule has 0 aliphatic rings. The highest BCUT2D eigenvalue weighted by atomic mass is 32.2. The molecule has 2 aromatic carbocycles. The molecular weight excluding hydrogens is 347 g/mol. The Kier molecular flexibility index (Phi) is 5.56. The second-order valence-corrected chi connectivity index (χ2v) is 6.60. The number of anilines is 2. The van der Waals surface area contributed by atoms with Crippen LogP contribution in [0.25, 0.3) is 0 Å². The zero-order valence-electron chi connectivity index (χ0n) is 13.2. The fraction of sp³-hybridized carbons (Fsp3) is 0.125. The summed E-state index contributed by atoms with van der Waals surface area (Å²) in [6.07, 6.45) is 0. The van der Waals surface area contributed by atoms with Crippen LogP contribution in [0.5, 0.6) is 0 Å². The van der Waals surface area contributed by atoms with E-state index in [1.165, 1.54) is 30.3 Å². The lowest BCUT2D eigenvalue weighted by molar-refractivity contribution is 0.252. The molecule has 0 bridgehead atoms. The number of nitrogens with one attached hydrogen (secondary N) is 3. The van der Waals surface area contributed by atoms with E-state index in [-0.39, 0.29) is 21.8 Å². The number of hydrogen-bond donors (Lipinski definition) is 3. The number of hydrogen-bond acceptors (Lipinski definition) is 4. The zero-order valence-corrected chi connectivity index (χ0v) is 14.0. The van der Waals surface area contributed by atoms with Gasteiger partial charge in [-0.25, -0.2) is 17.6 Å². The number of rotatable bonds is 5. The van der Waals surface area contributed by atoms with Crippen LogP contribution in [0.2, 0.25) is 0 Å². The largest absolute Gasteiger partial charge is 0.338 e. The first-order chi connectivity index (χ1) is 11.9. The molecule has 0 saturated heterocycles. The number of benzene rings is 2. The van der Waals surface area contributed by atoms with Crippen LogP contribution in [-0.2, 0) is 10.0 Å². The summed E-state index contributed by atoms with van der Waals surface area (Å²) >= 11 is 0. The van der Waals surface area contributed by atoms with Crippen molar-refractivity contribution in [2.24, 2.45) is 0 Å². The quantitative estimate of drug-likeness (QED) is 0.759. The Hall–Kier alpha value is -3.12. The normalized spacial score (nSPS) is 10.6. The Morgan fingerprint density at radius 3 is 2.64 bits per heavy atom. The van der Waals surface area contributed by atoms with Crippen LogP contribution in [0.15, 0.2) is 47.4 Å². The van der Waals surface area contributed by atoms with Crippen LogP contribution in [0, 0.1) is 17.1 Å². The minimum absolute atomic E-state index is 0.00462. The van der Waals surface area contributed by atoms with Crippen molar-refractivity contribution in [2.45, 2.75) is 11.8 Å². The molecule has 0 saturated carbocycles. The number of amides is 2. The smallest absolute Gasteiger partial charge is 0.319 e. The van der Waals surface area contributed by atoms with E-state index in [0.29, 0.717) is 6.54 Å². The van der Waals surface area contributed by atoms with E-state index < -0.39 is 21.9 Å². The van der Waals surface area contributed by atoms with Gasteiger partial charge in [0.25, 0.3) is 10.0 Å². The van der Waals surface area contributed by atoms with Gasteiger partial charge in [0.05, 0.1) is 27.9 Å². The minimum Gasteiger partial charge on any atom is -0.338 e. The molecule has 2 aromatic rings. The zero-order chi connectivity index (χ0) is 18.4. The van der Waals surface area contributed by atoms with Crippen LogP contribution in [-0.4, -0.2) is 21.0 Å². The minimum atomic E-state index is -4.02. The van der Waals surface area contributed by atoms with E-state index in [2.05, 4.69) is 15.4 Å². The molecule has 0 atom stereocenters. The summed E-state index contributed by atoms with van der Waals surface area (Å²) in [5.74, 6) is -0.638. The van der Waals surface area contributed by atoms with Gasteiger partial charge >= 0.3 is 6.03 Å². The van der Waals surface area contributed by atoms with Crippen molar-refractivity contribution in [3.05, 3.63) is 53.8 Å². The van der Waals surface area contributed by atoms with Crippen LogP contribution < -0.4 is 15.4 Å². The topological polar surface area (TPSA) is 111 Å². The second-order valence-electron chi connectivity index (χ2n) is 4.92. The lowest BCUT2D eigenvalue weighted by atomic mass is 10.2. The molecular formula is C16H15FN4O3S. The van der Waals surface area contributed by atoms with Crippen LogP contribution in [0.4, 0.5) is 20.6 Å². The molecule has 0 aliphatic heterocycles. The third-order valence-corrected chi connectivity index (χ3v) is 4.45. The average Bonchev–Trinajstić information content (AvgIpc) is 2.57. The summed E-state index contributed by atoms with van der Waals surface area (Å²) in [6, 6.07) is 9.96. The van der Waals surface area contributed by atoms with Crippen molar-refractivity contribution < 1.29 is 17.6 Å². The van der Waals surface area contributed by atoms with E-state index in [1.807, 2.05) is 6.07 Å². The molecule has 9 heteroatoms. The highest BCUT2D eigenvalue weighted by Gasteiger charge is 2.18. The Morgan fingerprint density at radius 2 is 1.96 bits per heavy atom. The Balaban J connectivity index is 2.35. The van der Waals surface area contributed by atoms with Crippen molar-refractivity contribution >= 4 is 27.4 Å². The van der Waals surface area contributed by atoms with Gasteiger partial charge in [-0.3, -0.25) is 4.72 Å². The summed E-state index contributed by atoms with van der Waals surface area (Å²) in [7, 11) is -4.02. The van der Waals surface area contributed by atoms with Gasteiger partial charge in [-0.2, -0.15) is 5.26 Å². The molecule has 0 unspecified atom stereocenters. The number of nitriles is 1. The molecule has 2 amide bonds. The third kappa shape index (κ3) is 4.68. The molecule has 7 nitrogen and oxygen atoms in total. The summed E-state index contributed by atoms with van der Waals surface area (Å²) < 4.78 is 40.7. The van der Waals surface area contributed by atoms with Crippen molar-refractivity contribution in [2.75, 3.05) is 16.6 Å². The predicted octanol–water partition coefficient (Wildman–Crippen LogP) is 2.64. The fourth-order valence-corrected chi connectivity index (χ4v) is 3.10. The first kappa shape index (κ1) is 18.2. The molecule has 0 fully saturated rings. The summed E-state index contributed by atoms with van der Waals surface area (Å²) in [5.41, 5.74) is 0.142. The Morgan fingerprint density at radius 1 is 1.20 bits per heavy atom. The van der Waals surface area contributed by atoms with Gasteiger partial charge in [-0.15, -0.1) is 0 Å². The molecule has 0 spiro atoms. The summed E-state index contributed by atoms with van der Waals surface area (Å²) in [5, 5.41) is 13.7. The van der Waals surface area contributed by atoms with E-state index in [4.69, 9.17) is 5.26 Å². The van der Waals surface area contributed by atoms with E-state index in [1.54, 1.807) is 6.92 Å². The van der Waals surface area contributed by atoms with E-state index >= 15 is 0 Å². The highest BCUT2D eigenvalue weighted by molar-refractivity contribution is 7.92. The molecule has 0 aromatic heterocycles. The molecule has 0 aliphatic carbocycles. The van der Waals surface area contributed by atoms with Gasteiger partial charge in [0.1, 0.15) is 5.82 Å². The van der Waals surface area contributed by atoms with Crippen LogP contribution >= 0.6 is 0 Å². The lowest BCUT2D eigenvalue weighted by Crippen LogP contribution is -2.28. The van der Waals surface area contributed by atoms with Crippen molar-refractivity contribution in [1.29, 1.82) is 5.26 Å².